The minimum absolute atomic E-state index is 0. The van der Waals surface area contributed by atoms with Crippen LogP contribution in [0.1, 0.15) is 53.7 Å². The molecule has 0 aromatic heterocycles. The van der Waals surface area contributed by atoms with Gasteiger partial charge in [0.2, 0.25) is 0 Å². The molecule has 35 heavy (non-hydrogen) atoms. The van der Waals surface area contributed by atoms with E-state index in [1.807, 2.05) is 19.9 Å². The maximum absolute atomic E-state index is 12.3. The first-order valence-electron chi connectivity index (χ1n) is 11.5. The second kappa shape index (κ2) is 13.5. The van der Waals surface area contributed by atoms with Crippen LogP contribution in [0.4, 0.5) is 0 Å². The lowest BCUT2D eigenvalue weighted by atomic mass is 9.94. The first-order chi connectivity index (χ1) is 16.3. The van der Waals surface area contributed by atoms with Crippen LogP contribution in [0.25, 0.3) is 0 Å². The molecule has 2 aliphatic rings. The van der Waals surface area contributed by atoms with E-state index in [9.17, 15) is 14.4 Å². The van der Waals surface area contributed by atoms with E-state index in [2.05, 4.69) is 4.90 Å². The number of esters is 3. The van der Waals surface area contributed by atoms with Crippen molar-refractivity contribution in [2.24, 2.45) is 0 Å². The largest absolute Gasteiger partial charge is 0.496 e. The molecule has 3 rings (SSSR count). The smallest absolute Gasteiger partial charge is 0.342 e. The van der Waals surface area contributed by atoms with Crippen molar-refractivity contribution in [3.05, 3.63) is 33.9 Å². The van der Waals surface area contributed by atoms with Crippen molar-refractivity contribution in [2.45, 2.75) is 46.6 Å². The maximum Gasteiger partial charge on any atom is 0.342 e. The van der Waals surface area contributed by atoms with Gasteiger partial charge < -0.3 is 23.7 Å². The molecular weight excluding hydrogens is 478 g/mol. The molecule has 10 heteroatoms. The first kappa shape index (κ1) is 28.6. The minimum Gasteiger partial charge on any atom is -0.496 e. The number of benzene rings is 1. The molecule has 0 aliphatic carbocycles. The monoisotopic (exact) mass is 511 g/mol. The fourth-order valence-electron chi connectivity index (χ4n) is 4.13. The van der Waals surface area contributed by atoms with E-state index in [1.54, 1.807) is 0 Å². The number of hydrogen-bond acceptors (Lipinski definition) is 9. The van der Waals surface area contributed by atoms with Crippen molar-refractivity contribution in [3.63, 3.8) is 0 Å². The Hall–Kier alpha value is -2.62. The first-order valence-corrected chi connectivity index (χ1v) is 11.5. The number of hydrogen-bond donors (Lipinski definition) is 0. The highest BCUT2D eigenvalue weighted by atomic mass is 35.5. The second-order valence-corrected chi connectivity index (χ2v) is 8.42. The van der Waals surface area contributed by atoms with Crippen LogP contribution in [0.3, 0.4) is 0 Å². The molecule has 9 nitrogen and oxygen atoms in total. The van der Waals surface area contributed by atoms with Crippen LogP contribution in [0.5, 0.6) is 11.5 Å². The summed E-state index contributed by atoms with van der Waals surface area (Å²) < 4.78 is 26.9. The number of nitrogens with zero attached hydrogens (tertiary/aromatic N) is 1. The van der Waals surface area contributed by atoms with E-state index in [1.165, 1.54) is 14.0 Å². The molecule has 0 N–H and O–H groups in total. The van der Waals surface area contributed by atoms with Gasteiger partial charge in [-0.15, -0.1) is 12.4 Å². The van der Waals surface area contributed by atoms with Gasteiger partial charge in [-0.1, -0.05) is 11.6 Å². The van der Waals surface area contributed by atoms with Gasteiger partial charge in [0, 0.05) is 44.1 Å². The average Bonchev–Trinajstić information content (AvgIpc) is 3.20. The van der Waals surface area contributed by atoms with Crippen molar-refractivity contribution in [1.82, 2.24) is 4.90 Å². The molecule has 0 unspecified atom stereocenters. The highest BCUT2D eigenvalue weighted by Crippen LogP contribution is 2.43. The molecule has 0 bridgehead atoms. The van der Waals surface area contributed by atoms with E-state index < -0.39 is 11.9 Å². The van der Waals surface area contributed by atoms with Gasteiger partial charge in [0.25, 0.3) is 0 Å². The molecule has 2 heterocycles. The lowest BCUT2D eigenvalue weighted by Gasteiger charge is -2.26. The van der Waals surface area contributed by atoms with Crippen LogP contribution in [0.2, 0.25) is 0 Å². The molecule has 1 saturated heterocycles. The topological polar surface area (TPSA) is 101 Å². The standard InChI is InChI=1S/C25H33NO8.ClH/c1-16(6-8-21(28)32-14-11-26-9-12-31-13-10-26)5-7-19-23(30-4)17(2)20-15-33-25(29)22(20)24(19)34-18(3)27;/h5H,6-15H2,1-4H3;1H/b16-5+;. The van der Waals surface area contributed by atoms with Crippen molar-refractivity contribution in [2.75, 3.05) is 46.6 Å². The van der Waals surface area contributed by atoms with E-state index in [0.29, 0.717) is 56.1 Å². The number of carbonyl (C=O) groups excluding carboxylic acids is 3. The number of fused-ring (bicyclic) bond motifs is 1. The molecule has 1 aromatic rings. The fourth-order valence-corrected chi connectivity index (χ4v) is 4.13. The van der Waals surface area contributed by atoms with Gasteiger partial charge in [0.15, 0.2) is 5.75 Å². The van der Waals surface area contributed by atoms with Gasteiger partial charge in [-0.05, 0) is 32.3 Å². The molecule has 0 radical (unpaired) electrons. The number of ether oxygens (including phenoxy) is 5. The summed E-state index contributed by atoms with van der Waals surface area (Å²) in [4.78, 5) is 38.5. The summed E-state index contributed by atoms with van der Waals surface area (Å²) >= 11 is 0. The zero-order valence-electron chi connectivity index (χ0n) is 20.8. The van der Waals surface area contributed by atoms with Gasteiger partial charge in [0.1, 0.15) is 24.5 Å². The number of cyclic esters (lactones) is 1. The van der Waals surface area contributed by atoms with Gasteiger partial charge in [-0.3, -0.25) is 14.5 Å². The lowest BCUT2D eigenvalue weighted by molar-refractivity contribution is -0.144. The molecule has 1 fully saturated rings. The molecule has 194 valence electrons. The van der Waals surface area contributed by atoms with Gasteiger partial charge >= 0.3 is 17.9 Å². The van der Waals surface area contributed by atoms with Crippen molar-refractivity contribution >= 4 is 30.3 Å². The third kappa shape index (κ3) is 7.43. The summed E-state index contributed by atoms with van der Waals surface area (Å²) in [5.74, 6) is -0.553. The maximum atomic E-state index is 12.3. The van der Waals surface area contributed by atoms with Crippen LogP contribution < -0.4 is 9.47 Å². The van der Waals surface area contributed by atoms with Crippen LogP contribution in [0, 0.1) is 6.92 Å². The third-order valence-electron chi connectivity index (χ3n) is 6.02. The number of allylic oxidation sites excluding steroid dienone is 2. The Morgan fingerprint density at radius 2 is 1.83 bits per heavy atom. The Morgan fingerprint density at radius 1 is 1.11 bits per heavy atom. The van der Waals surface area contributed by atoms with Crippen LogP contribution >= 0.6 is 12.4 Å². The molecule has 0 spiro atoms. The molecule has 0 amide bonds. The molecule has 0 saturated carbocycles. The SMILES string of the molecule is COc1c(C)c2c(c(OC(C)=O)c1C/C=C(\C)CCC(=O)OCCN1CCOCC1)C(=O)OC2.Cl. The Bertz CT molecular complexity index is 969. The summed E-state index contributed by atoms with van der Waals surface area (Å²) in [6.45, 7) is 9.41. The quantitative estimate of drug-likeness (QED) is 0.266. The molecular formula is C25H34ClNO8. The number of rotatable bonds is 10. The van der Waals surface area contributed by atoms with E-state index in [-0.39, 0.29) is 42.7 Å². The zero-order chi connectivity index (χ0) is 24.7. The Kier molecular flexibility index (Phi) is 11.0. The summed E-state index contributed by atoms with van der Waals surface area (Å²) in [7, 11) is 1.54. The number of halogens is 1. The Morgan fingerprint density at radius 3 is 2.49 bits per heavy atom. The van der Waals surface area contributed by atoms with E-state index in [0.717, 1.165) is 24.2 Å². The summed E-state index contributed by atoms with van der Waals surface area (Å²) in [6.07, 6.45) is 3.12. The zero-order valence-corrected chi connectivity index (χ0v) is 21.6. The Balaban J connectivity index is 0.00000432. The third-order valence-corrected chi connectivity index (χ3v) is 6.02. The van der Waals surface area contributed by atoms with Crippen LogP contribution in [0.15, 0.2) is 11.6 Å². The average molecular weight is 512 g/mol. The predicted octanol–water partition coefficient (Wildman–Crippen LogP) is 3.17. The van der Waals surface area contributed by atoms with Gasteiger partial charge in [-0.25, -0.2) is 4.79 Å². The van der Waals surface area contributed by atoms with Crippen LogP contribution in [-0.4, -0.2) is 69.4 Å². The van der Waals surface area contributed by atoms with Crippen molar-refractivity contribution < 1.29 is 38.1 Å². The van der Waals surface area contributed by atoms with Crippen molar-refractivity contribution in [3.8, 4) is 11.5 Å². The van der Waals surface area contributed by atoms with Gasteiger partial charge in [0.05, 0.1) is 20.3 Å². The molecule has 0 atom stereocenters. The molecule has 1 aromatic carbocycles. The summed E-state index contributed by atoms with van der Waals surface area (Å²) in [5.41, 5.74) is 3.30. The van der Waals surface area contributed by atoms with Crippen molar-refractivity contribution in [1.29, 1.82) is 0 Å². The predicted molar refractivity (Wildman–Crippen MR) is 130 cm³/mol. The second-order valence-electron chi connectivity index (χ2n) is 8.42. The van der Waals surface area contributed by atoms with Crippen LogP contribution in [-0.2, 0) is 36.8 Å². The lowest BCUT2D eigenvalue weighted by Crippen LogP contribution is -2.38. The number of morpholine rings is 1. The fraction of sp³-hybridized carbons (Fsp3) is 0.560. The highest BCUT2D eigenvalue weighted by molar-refractivity contribution is 5.99. The summed E-state index contributed by atoms with van der Waals surface area (Å²) in [6, 6.07) is 0. The van der Waals surface area contributed by atoms with E-state index >= 15 is 0 Å². The number of methoxy groups -OCH3 is 1. The molecule has 2 aliphatic heterocycles. The highest BCUT2D eigenvalue weighted by Gasteiger charge is 2.33. The summed E-state index contributed by atoms with van der Waals surface area (Å²) in [5, 5.41) is 0. The normalized spacial score (nSPS) is 15.7. The number of carbonyl (C=O) groups is 3. The minimum atomic E-state index is -0.533. The Labute approximate surface area is 212 Å². The van der Waals surface area contributed by atoms with Gasteiger partial charge in [-0.2, -0.15) is 0 Å². The van der Waals surface area contributed by atoms with E-state index in [4.69, 9.17) is 23.7 Å².